The molecular formula is C14H15ClO2. The molecule has 0 spiro atoms. The minimum Gasteiger partial charge on any atom is -0.481 e. The van der Waals surface area contributed by atoms with Gasteiger partial charge in [0.2, 0.25) is 0 Å². The van der Waals surface area contributed by atoms with Crippen LogP contribution < -0.4 is 0 Å². The summed E-state index contributed by atoms with van der Waals surface area (Å²) in [5, 5.41) is 10.2. The fraction of sp³-hybridized carbons (Fsp3) is 0.357. The normalized spacial score (nSPS) is 18.4. The van der Waals surface area contributed by atoms with E-state index in [0.717, 1.165) is 18.4 Å². The smallest absolute Gasteiger partial charge is 0.314 e. The number of allylic oxidation sites excluding steroid dienone is 1. The van der Waals surface area contributed by atoms with Crippen molar-refractivity contribution in [3.63, 3.8) is 0 Å². The summed E-state index contributed by atoms with van der Waals surface area (Å²) < 4.78 is 0. The Morgan fingerprint density at radius 2 is 2.06 bits per heavy atom. The number of halogens is 1. The highest BCUT2D eigenvalue weighted by atomic mass is 35.5. The first-order valence-corrected chi connectivity index (χ1v) is 6.09. The van der Waals surface area contributed by atoms with Gasteiger partial charge in [-0.2, -0.15) is 0 Å². The largest absolute Gasteiger partial charge is 0.481 e. The van der Waals surface area contributed by atoms with E-state index in [1.54, 1.807) is 18.2 Å². The Morgan fingerprint density at radius 1 is 1.47 bits per heavy atom. The lowest BCUT2D eigenvalue weighted by Gasteiger charge is -2.29. The fourth-order valence-electron chi connectivity index (χ4n) is 2.46. The van der Waals surface area contributed by atoms with E-state index in [1.165, 1.54) is 0 Å². The van der Waals surface area contributed by atoms with Crippen molar-refractivity contribution < 1.29 is 9.90 Å². The maximum absolute atomic E-state index is 11.7. The molecule has 0 radical (unpaired) electrons. The second-order valence-corrected chi connectivity index (χ2v) is 4.99. The molecule has 1 unspecified atom stereocenters. The maximum Gasteiger partial charge on any atom is 0.314 e. The third-order valence-electron chi connectivity index (χ3n) is 3.48. The van der Waals surface area contributed by atoms with Gasteiger partial charge in [-0.1, -0.05) is 29.8 Å². The molecule has 2 rings (SSSR count). The Labute approximate surface area is 106 Å². The standard InChI is InChI=1S/C14H15ClO2/c1-2-9-14(13(16)17,10-3-4-10)11-5-7-12(15)8-6-11/h2,5-8,10H,1,3-4,9H2,(H,16,17). The number of aliphatic carboxylic acids is 1. The average Bonchev–Trinajstić information content (AvgIpc) is 3.11. The molecule has 2 nitrogen and oxygen atoms in total. The van der Waals surface area contributed by atoms with Crippen molar-refractivity contribution in [2.24, 2.45) is 5.92 Å². The number of rotatable bonds is 5. The van der Waals surface area contributed by atoms with Gasteiger partial charge in [-0.15, -0.1) is 6.58 Å². The van der Waals surface area contributed by atoms with E-state index in [9.17, 15) is 9.90 Å². The van der Waals surface area contributed by atoms with Crippen LogP contribution in [0.4, 0.5) is 0 Å². The zero-order valence-corrected chi connectivity index (χ0v) is 10.3. The number of carboxylic acids is 1. The molecule has 1 atom stereocenters. The van der Waals surface area contributed by atoms with Crippen LogP contribution in [0.1, 0.15) is 24.8 Å². The molecule has 0 aromatic heterocycles. The molecule has 0 aliphatic heterocycles. The summed E-state index contributed by atoms with van der Waals surface area (Å²) in [7, 11) is 0. The van der Waals surface area contributed by atoms with Gasteiger partial charge in [0.15, 0.2) is 0 Å². The zero-order valence-electron chi connectivity index (χ0n) is 9.53. The molecule has 1 fully saturated rings. The SMILES string of the molecule is C=CCC(C(=O)O)(c1ccc(Cl)cc1)C1CC1. The molecule has 0 heterocycles. The minimum atomic E-state index is -0.813. The van der Waals surface area contributed by atoms with Crippen LogP contribution in [0.15, 0.2) is 36.9 Å². The van der Waals surface area contributed by atoms with Crippen LogP contribution in [0.5, 0.6) is 0 Å². The van der Waals surface area contributed by atoms with E-state index in [4.69, 9.17) is 11.6 Å². The van der Waals surface area contributed by atoms with Crippen molar-refractivity contribution in [1.29, 1.82) is 0 Å². The summed E-state index contributed by atoms with van der Waals surface area (Å²) in [6.07, 6.45) is 4.11. The number of carbonyl (C=O) groups is 1. The monoisotopic (exact) mass is 250 g/mol. The molecule has 0 amide bonds. The Morgan fingerprint density at radius 3 is 2.47 bits per heavy atom. The topological polar surface area (TPSA) is 37.3 Å². The van der Waals surface area contributed by atoms with Gasteiger partial charge in [-0.05, 0) is 42.9 Å². The lowest BCUT2D eigenvalue weighted by atomic mass is 9.73. The predicted octanol–water partition coefficient (Wildman–Crippen LogP) is 3.65. The summed E-state index contributed by atoms with van der Waals surface area (Å²) in [4.78, 5) is 11.7. The summed E-state index contributed by atoms with van der Waals surface area (Å²) in [6.45, 7) is 3.69. The molecule has 1 aliphatic rings. The number of carboxylic acid groups (broad SMARTS) is 1. The van der Waals surface area contributed by atoms with E-state index in [2.05, 4.69) is 6.58 Å². The first kappa shape index (κ1) is 12.2. The quantitative estimate of drug-likeness (QED) is 0.810. The van der Waals surface area contributed by atoms with E-state index in [0.29, 0.717) is 11.4 Å². The second kappa shape index (κ2) is 4.53. The third-order valence-corrected chi connectivity index (χ3v) is 3.73. The van der Waals surface area contributed by atoms with Crippen molar-refractivity contribution in [2.75, 3.05) is 0 Å². The van der Waals surface area contributed by atoms with Gasteiger partial charge in [0.05, 0.1) is 5.41 Å². The molecule has 1 aromatic carbocycles. The Kier molecular flexibility index (Phi) is 3.25. The van der Waals surface area contributed by atoms with Gasteiger partial charge in [0.25, 0.3) is 0 Å². The summed E-state index contributed by atoms with van der Waals surface area (Å²) in [5.74, 6) is -0.540. The van der Waals surface area contributed by atoms with Crippen molar-refractivity contribution in [2.45, 2.75) is 24.7 Å². The van der Waals surface area contributed by atoms with Gasteiger partial charge < -0.3 is 5.11 Å². The highest BCUT2D eigenvalue weighted by molar-refractivity contribution is 6.30. The van der Waals surface area contributed by atoms with Crippen LogP contribution in [0, 0.1) is 5.92 Å². The van der Waals surface area contributed by atoms with Crippen molar-refractivity contribution in [1.82, 2.24) is 0 Å². The van der Waals surface area contributed by atoms with E-state index < -0.39 is 11.4 Å². The van der Waals surface area contributed by atoms with Crippen LogP contribution in [0.25, 0.3) is 0 Å². The third kappa shape index (κ3) is 2.09. The maximum atomic E-state index is 11.7. The summed E-state index contributed by atoms with van der Waals surface area (Å²) in [6, 6.07) is 7.14. The van der Waals surface area contributed by atoms with Crippen LogP contribution >= 0.6 is 11.6 Å². The molecule has 17 heavy (non-hydrogen) atoms. The number of hydrogen-bond donors (Lipinski definition) is 1. The molecule has 1 aromatic rings. The number of hydrogen-bond acceptors (Lipinski definition) is 1. The Bertz CT molecular complexity index is 434. The van der Waals surface area contributed by atoms with Crippen molar-refractivity contribution >= 4 is 17.6 Å². The van der Waals surface area contributed by atoms with Gasteiger partial charge in [-0.25, -0.2) is 0 Å². The first-order chi connectivity index (χ1) is 8.11. The molecule has 90 valence electrons. The molecule has 0 bridgehead atoms. The van der Waals surface area contributed by atoms with Crippen LogP contribution in [-0.2, 0) is 10.2 Å². The predicted molar refractivity (Wildman–Crippen MR) is 68.3 cm³/mol. The van der Waals surface area contributed by atoms with E-state index in [-0.39, 0.29) is 5.92 Å². The Balaban J connectivity index is 2.47. The van der Waals surface area contributed by atoms with Gasteiger partial charge in [-0.3, -0.25) is 4.79 Å². The first-order valence-electron chi connectivity index (χ1n) is 5.71. The van der Waals surface area contributed by atoms with Crippen LogP contribution in [0.3, 0.4) is 0 Å². The van der Waals surface area contributed by atoms with Gasteiger partial charge >= 0.3 is 5.97 Å². The highest BCUT2D eigenvalue weighted by Crippen LogP contribution is 2.50. The molecular weight excluding hydrogens is 236 g/mol. The molecule has 1 N–H and O–H groups in total. The molecule has 0 saturated heterocycles. The Hall–Kier alpha value is -1.28. The van der Waals surface area contributed by atoms with Crippen molar-refractivity contribution in [3.8, 4) is 0 Å². The highest BCUT2D eigenvalue weighted by Gasteiger charge is 2.51. The van der Waals surface area contributed by atoms with Gasteiger partial charge in [0.1, 0.15) is 0 Å². The zero-order chi connectivity index (χ0) is 12.5. The van der Waals surface area contributed by atoms with Crippen molar-refractivity contribution in [3.05, 3.63) is 47.5 Å². The molecule has 3 heteroatoms. The lowest BCUT2D eigenvalue weighted by molar-refractivity contribution is -0.144. The average molecular weight is 251 g/mol. The lowest BCUT2D eigenvalue weighted by Crippen LogP contribution is -2.37. The molecule has 1 aliphatic carbocycles. The van der Waals surface area contributed by atoms with E-state index >= 15 is 0 Å². The van der Waals surface area contributed by atoms with Crippen LogP contribution in [-0.4, -0.2) is 11.1 Å². The molecule has 1 saturated carbocycles. The minimum absolute atomic E-state index is 0.221. The second-order valence-electron chi connectivity index (χ2n) is 4.55. The van der Waals surface area contributed by atoms with Crippen LogP contribution in [0.2, 0.25) is 5.02 Å². The van der Waals surface area contributed by atoms with E-state index in [1.807, 2.05) is 12.1 Å². The number of benzene rings is 1. The van der Waals surface area contributed by atoms with Gasteiger partial charge in [0, 0.05) is 5.02 Å². The summed E-state index contributed by atoms with van der Waals surface area (Å²) >= 11 is 5.85. The summed E-state index contributed by atoms with van der Waals surface area (Å²) in [5.41, 5.74) is 0.0172. The fourth-order valence-corrected chi connectivity index (χ4v) is 2.58.